The number of hydrogen-bond donors (Lipinski definition) is 3. The van der Waals surface area contributed by atoms with Crippen molar-refractivity contribution >= 4 is 11.8 Å². The molecule has 0 aromatic rings. The maximum atomic E-state index is 11.7. The molecule has 0 fully saturated rings. The Labute approximate surface area is 195 Å². The van der Waals surface area contributed by atoms with Gasteiger partial charge in [-0.05, 0) is 52.0 Å². The predicted molar refractivity (Wildman–Crippen MR) is 137 cm³/mol. The number of carbonyl (C=O) groups excluding carboxylic acids is 2. The van der Waals surface area contributed by atoms with Gasteiger partial charge >= 0.3 is 0 Å². The maximum Gasteiger partial charge on any atom is 0.234 e. The van der Waals surface area contributed by atoms with E-state index in [2.05, 4.69) is 89.7 Å². The molecule has 0 aliphatic carbocycles. The number of carbonyl (C=O) groups is 2. The van der Waals surface area contributed by atoms with Crippen molar-refractivity contribution < 1.29 is 9.59 Å². The van der Waals surface area contributed by atoms with E-state index in [1.807, 2.05) is 6.08 Å². The van der Waals surface area contributed by atoms with Crippen LogP contribution in [-0.2, 0) is 9.59 Å². The molecule has 0 saturated carbocycles. The van der Waals surface area contributed by atoms with Crippen LogP contribution in [0, 0.1) is 0 Å². The number of likely N-dealkylation sites (N-methyl/N-ethyl adjacent to an activating group) is 1. The van der Waals surface area contributed by atoms with Crippen molar-refractivity contribution in [2.75, 3.05) is 26.7 Å². The van der Waals surface area contributed by atoms with E-state index >= 15 is 0 Å². The van der Waals surface area contributed by atoms with E-state index in [1.165, 1.54) is 0 Å². The number of amides is 2. The largest absolute Gasteiger partial charge is 0.354 e. The van der Waals surface area contributed by atoms with Crippen LogP contribution in [0.15, 0.2) is 72.9 Å². The van der Waals surface area contributed by atoms with Crippen molar-refractivity contribution in [1.82, 2.24) is 16.0 Å². The molecular formula is C27H43N3O2. The van der Waals surface area contributed by atoms with Gasteiger partial charge < -0.3 is 16.0 Å². The third kappa shape index (κ3) is 23.6. The highest BCUT2D eigenvalue weighted by Gasteiger charge is 2.00. The lowest BCUT2D eigenvalue weighted by molar-refractivity contribution is -0.122. The molecule has 0 aliphatic rings. The second-order valence-corrected chi connectivity index (χ2v) is 7.18. The third-order valence-electron chi connectivity index (χ3n) is 4.24. The average Bonchev–Trinajstić information content (AvgIpc) is 2.78. The monoisotopic (exact) mass is 441 g/mol. The van der Waals surface area contributed by atoms with Crippen LogP contribution in [0.25, 0.3) is 0 Å². The van der Waals surface area contributed by atoms with Crippen LogP contribution in [0.1, 0.15) is 58.3 Å². The fourth-order valence-corrected chi connectivity index (χ4v) is 2.57. The summed E-state index contributed by atoms with van der Waals surface area (Å²) in [5.41, 5.74) is 0. The summed E-state index contributed by atoms with van der Waals surface area (Å²) in [6, 6.07) is 0. The molecule has 5 heteroatoms. The maximum absolute atomic E-state index is 11.7. The Hall–Kier alpha value is -2.66. The third-order valence-corrected chi connectivity index (χ3v) is 4.24. The summed E-state index contributed by atoms with van der Waals surface area (Å²) >= 11 is 0. The Bertz CT molecular complexity index is 643. The smallest absolute Gasteiger partial charge is 0.234 e. The van der Waals surface area contributed by atoms with Gasteiger partial charge in [0.1, 0.15) is 0 Å². The van der Waals surface area contributed by atoms with Gasteiger partial charge in [-0.2, -0.15) is 0 Å². The number of hydrogen-bond acceptors (Lipinski definition) is 3. The lowest BCUT2D eigenvalue weighted by Gasteiger charge is -2.06. The molecule has 0 unspecified atom stereocenters. The van der Waals surface area contributed by atoms with Gasteiger partial charge in [0.05, 0.1) is 6.54 Å². The van der Waals surface area contributed by atoms with E-state index in [4.69, 9.17) is 0 Å². The summed E-state index contributed by atoms with van der Waals surface area (Å²) in [5.74, 6) is -0.0629. The number of allylic oxidation sites excluding steroid dienone is 12. The Balaban J connectivity index is 3.58. The lowest BCUT2D eigenvalue weighted by atomic mass is 10.2. The molecule has 0 radical (unpaired) electrons. The van der Waals surface area contributed by atoms with E-state index in [0.29, 0.717) is 19.5 Å². The summed E-state index contributed by atoms with van der Waals surface area (Å²) in [4.78, 5) is 22.9. The quantitative estimate of drug-likeness (QED) is 0.197. The fourth-order valence-electron chi connectivity index (χ4n) is 2.57. The van der Waals surface area contributed by atoms with Gasteiger partial charge in [0.2, 0.25) is 11.8 Å². The van der Waals surface area contributed by atoms with Crippen molar-refractivity contribution in [3.63, 3.8) is 0 Å². The van der Waals surface area contributed by atoms with Gasteiger partial charge in [0.15, 0.2) is 0 Å². The van der Waals surface area contributed by atoms with Crippen LogP contribution < -0.4 is 16.0 Å². The number of rotatable bonds is 19. The highest BCUT2D eigenvalue weighted by Crippen LogP contribution is 1.97. The van der Waals surface area contributed by atoms with E-state index in [1.54, 1.807) is 7.05 Å². The molecule has 0 aromatic heterocycles. The molecule has 0 saturated heterocycles. The van der Waals surface area contributed by atoms with Crippen LogP contribution in [0.3, 0.4) is 0 Å². The van der Waals surface area contributed by atoms with Crippen LogP contribution >= 0.6 is 0 Å². The molecule has 2 amide bonds. The molecule has 32 heavy (non-hydrogen) atoms. The molecule has 5 nitrogen and oxygen atoms in total. The standard InChI is InChI=1S/C27H43N3O2/c1-3-4-5-6-7-8-9-10-11-12-13-14-15-16-17-18-19-20-21-22-26(31)29-23-24-30-27(32)25-28-2/h4-5,7-8,10-11,13-14,16-17,19-20,28H,3,6,9,12,15,18,21-25H2,1-2H3,(H,29,31)(H,30,32)/b5-4-,8-7-,11-10-,14-13-,17-16-,20-19-. The van der Waals surface area contributed by atoms with Gasteiger partial charge in [-0.25, -0.2) is 0 Å². The first-order chi connectivity index (χ1) is 15.7. The van der Waals surface area contributed by atoms with Crippen molar-refractivity contribution in [3.8, 4) is 0 Å². The summed E-state index contributed by atoms with van der Waals surface area (Å²) in [6.45, 7) is 3.34. The summed E-state index contributed by atoms with van der Waals surface area (Å²) < 4.78 is 0. The summed E-state index contributed by atoms with van der Waals surface area (Å²) in [5, 5.41) is 8.29. The highest BCUT2D eigenvalue weighted by molar-refractivity contribution is 5.78. The molecule has 0 bridgehead atoms. The van der Waals surface area contributed by atoms with Gasteiger partial charge in [0, 0.05) is 19.5 Å². The van der Waals surface area contributed by atoms with Gasteiger partial charge in [0.25, 0.3) is 0 Å². The number of nitrogens with one attached hydrogen (secondary N) is 3. The molecule has 0 spiro atoms. The van der Waals surface area contributed by atoms with Crippen molar-refractivity contribution in [2.45, 2.75) is 58.3 Å². The molecule has 0 aromatic carbocycles. The van der Waals surface area contributed by atoms with Crippen molar-refractivity contribution in [1.29, 1.82) is 0 Å². The molecule has 0 atom stereocenters. The fraction of sp³-hybridized carbons (Fsp3) is 0.481. The Morgan fingerprint density at radius 1 is 0.594 bits per heavy atom. The van der Waals surface area contributed by atoms with Crippen LogP contribution in [-0.4, -0.2) is 38.5 Å². The van der Waals surface area contributed by atoms with Crippen molar-refractivity contribution in [3.05, 3.63) is 72.9 Å². The van der Waals surface area contributed by atoms with Gasteiger partial charge in [-0.15, -0.1) is 0 Å². The van der Waals surface area contributed by atoms with Crippen LogP contribution in [0.2, 0.25) is 0 Å². The van der Waals surface area contributed by atoms with Crippen LogP contribution in [0.5, 0.6) is 0 Å². The highest BCUT2D eigenvalue weighted by atomic mass is 16.2. The molecule has 0 rings (SSSR count). The zero-order valence-corrected chi connectivity index (χ0v) is 20.0. The Kier molecular flexibility index (Phi) is 22.6. The zero-order chi connectivity index (χ0) is 23.5. The first-order valence-corrected chi connectivity index (χ1v) is 11.8. The van der Waals surface area contributed by atoms with E-state index < -0.39 is 0 Å². The summed E-state index contributed by atoms with van der Waals surface area (Å²) in [7, 11) is 1.72. The molecular weight excluding hydrogens is 398 g/mol. The SMILES string of the molecule is CC/C=C\C/C=C\C/C=C\C/C=C\C/C=C\C/C=C\CCC(=O)NCCNC(=O)CNC. The first-order valence-electron chi connectivity index (χ1n) is 11.8. The van der Waals surface area contributed by atoms with Gasteiger partial charge in [-0.1, -0.05) is 79.8 Å². The van der Waals surface area contributed by atoms with E-state index in [9.17, 15) is 9.59 Å². The minimum atomic E-state index is -0.0697. The van der Waals surface area contributed by atoms with E-state index in [-0.39, 0.29) is 18.4 Å². The van der Waals surface area contributed by atoms with Crippen LogP contribution in [0.4, 0.5) is 0 Å². The molecule has 178 valence electrons. The molecule has 0 aliphatic heterocycles. The first kappa shape index (κ1) is 29.3. The van der Waals surface area contributed by atoms with Crippen molar-refractivity contribution in [2.24, 2.45) is 0 Å². The normalized spacial score (nSPS) is 12.4. The average molecular weight is 442 g/mol. The Morgan fingerprint density at radius 2 is 1.00 bits per heavy atom. The molecule has 3 N–H and O–H groups in total. The minimum Gasteiger partial charge on any atom is -0.354 e. The second-order valence-electron chi connectivity index (χ2n) is 7.18. The lowest BCUT2D eigenvalue weighted by Crippen LogP contribution is -2.38. The predicted octanol–water partition coefficient (Wildman–Crippen LogP) is 4.92. The minimum absolute atomic E-state index is 0.00685. The van der Waals surface area contributed by atoms with Gasteiger partial charge in [-0.3, -0.25) is 9.59 Å². The summed E-state index contributed by atoms with van der Waals surface area (Å²) in [6.07, 6.45) is 33.1. The molecule has 0 heterocycles. The second kappa shape index (κ2) is 24.6. The zero-order valence-electron chi connectivity index (χ0n) is 20.0. The topological polar surface area (TPSA) is 70.2 Å². The van der Waals surface area contributed by atoms with E-state index in [0.717, 1.165) is 44.9 Å². The Morgan fingerprint density at radius 3 is 1.44 bits per heavy atom.